The number of nitrogens with two attached hydrogens (primary N) is 1. The summed E-state index contributed by atoms with van der Waals surface area (Å²) in [6.45, 7) is 0.681. The number of urea groups is 1. The molecule has 156 valence electrons. The number of primary amides is 1. The van der Waals surface area contributed by atoms with Crippen molar-refractivity contribution in [3.8, 4) is 11.1 Å². The van der Waals surface area contributed by atoms with Gasteiger partial charge in [-0.15, -0.1) is 0 Å². The van der Waals surface area contributed by atoms with Gasteiger partial charge in [0.05, 0.1) is 25.4 Å². The van der Waals surface area contributed by atoms with Gasteiger partial charge in [0, 0.05) is 23.9 Å². The van der Waals surface area contributed by atoms with Gasteiger partial charge in [0.2, 0.25) is 0 Å². The maximum Gasteiger partial charge on any atom is 0.414 e. The third kappa shape index (κ3) is 3.74. The predicted octanol–water partition coefficient (Wildman–Crippen LogP) is 1.35. The van der Waals surface area contributed by atoms with Gasteiger partial charge < -0.3 is 15.6 Å². The van der Waals surface area contributed by atoms with Crippen molar-refractivity contribution in [2.45, 2.75) is 6.10 Å². The highest BCUT2D eigenvalue weighted by Crippen LogP contribution is 2.29. The minimum absolute atomic E-state index is 0.161. The number of anilines is 2. The van der Waals surface area contributed by atoms with Gasteiger partial charge in [-0.2, -0.15) is 5.10 Å². The van der Waals surface area contributed by atoms with Gasteiger partial charge in [-0.3, -0.25) is 9.80 Å². The first-order chi connectivity index (χ1) is 14.5. The number of carbonyl (C=O) groups excluding carboxylic acids is 2. The van der Waals surface area contributed by atoms with E-state index in [4.69, 9.17) is 15.6 Å². The quantitative estimate of drug-likeness (QED) is 0.778. The Hall–Kier alpha value is -3.73. The molecule has 1 aromatic carbocycles. The van der Waals surface area contributed by atoms with E-state index in [9.17, 15) is 14.0 Å². The molecule has 30 heavy (non-hydrogen) atoms. The SMILES string of the molecule is NC(=O)N1C=NN(c2ccc(-c3ccc(N4C[C@H](CO)OC4=O)cc3F)cn2)CC1. The fraction of sp³-hybridized carbons (Fsp3) is 0.263. The van der Waals surface area contributed by atoms with E-state index < -0.39 is 24.0 Å². The molecule has 1 fully saturated rings. The molecular formula is C19H19FN6O4. The molecule has 0 spiro atoms. The number of hydrogen-bond acceptors (Lipinski definition) is 7. The summed E-state index contributed by atoms with van der Waals surface area (Å²) >= 11 is 0. The number of pyridine rings is 1. The summed E-state index contributed by atoms with van der Waals surface area (Å²) in [5, 5.41) is 14.9. The lowest BCUT2D eigenvalue weighted by atomic mass is 10.1. The van der Waals surface area contributed by atoms with Gasteiger partial charge in [0.15, 0.2) is 0 Å². The molecule has 1 aromatic heterocycles. The summed E-state index contributed by atoms with van der Waals surface area (Å²) in [5.74, 6) is 0.0291. The highest BCUT2D eigenvalue weighted by Gasteiger charge is 2.32. The Morgan fingerprint density at radius 1 is 1.30 bits per heavy atom. The average molecular weight is 414 g/mol. The molecule has 2 aromatic rings. The van der Waals surface area contributed by atoms with Crippen LogP contribution in [0.2, 0.25) is 0 Å². The van der Waals surface area contributed by atoms with Gasteiger partial charge in [0.1, 0.15) is 24.1 Å². The third-order valence-corrected chi connectivity index (χ3v) is 4.83. The molecule has 1 atom stereocenters. The number of ether oxygens (including phenoxy) is 1. The number of aliphatic hydroxyl groups excluding tert-OH is 1. The van der Waals surface area contributed by atoms with Crippen molar-refractivity contribution in [3.05, 3.63) is 42.3 Å². The van der Waals surface area contributed by atoms with Gasteiger partial charge in [0.25, 0.3) is 0 Å². The molecule has 2 aliphatic heterocycles. The smallest absolute Gasteiger partial charge is 0.414 e. The summed E-state index contributed by atoms with van der Waals surface area (Å²) in [6.07, 6.45) is 1.62. The van der Waals surface area contributed by atoms with Gasteiger partial charge in [-0.05, 0) is 30.3 Å². The number of cyclic esters (lactones) is 1. The van der Waals surface area contributed by atoms with Crippen LogP contribution in [-0.2, 0) is 4.74 Å². The van der Waals surface area contributed by atoms with Gasteiger partial charge in [-0.1, -0.05) is 0 Å². The maximum atomic E-state index is 14.7. The summed E-state index contributed by atoms with van der Waals surface area (Å²) in [5.41, 5.74) is 6.44. The molecule has 0 radical (unpaired) electrons. The summed E-state index contributed by atoms with van der Waals surface area (Å²) < 4.78 is 19.7. The molecule has 4 rings (SSSR count). The number of nitrogens with zero attached hydrogens (tertiary/aromatic N) is 5. The van der Waals surface area contributed by atoms with E-state index in [1.165, 1.54) is 28.4 Å². The summed E-state index contributed by atoms with van der Waals surface area (Å²) in [4.78, 5) is 29.9. The van der Waals surface area contributed by atoms with Crippen LogP contribution in [-0.4, -0.2) is 65.8 Å². The Labute approximate surface area is 170 Å². The van der Waals surface area contributed by atoms with Crippen LogP contribution in [0.25, 0.3) is 11.1 Å². The summed E-state index contributed by atoms with van der Waals surface area (Å²) in [7, 11) is 0. The normalized spacial score (nSPS) is 18.7. The van der Waals surface area contributed by atoms with Crippen LogP contribution < -0.4 is 15.6 Å². The molecule has 3 N–H and O–H groups in total. The molecule has 10 nitrogen and oxygen atoms in total. The molecule has 0 unspecified atom stereocenters. The second kappa shape index (κ2) is 7.95. The van der Waals surface area contributed by atoms with Gasteiger partial charge in [-0.25, -0.2) is 24.0 Å². The fourth-order valence-electron chi connectivity index (χ4n) is 3.21. The van der Waals surface area contributed by atoms with E-state index in [0.29, 0.717) is 35.7 Å². The van der Waals surface area contributed by atoms with Crippen molar-refractivity contribution in [3.63, 3.8) is 0 Å². The molecule has 0 aliphatic carbocycles. The zero-order valence-electron chi connectivity index (χ0n) is 15.8. The van der Waals surface area contributed by atoms with Gasteiger partial charge >= 0.3 is 12.1 Å². The molecule has 11 heteroatoms. The van der Waals surface area contributed by atoms with E-state index in [2.05, 4.69) is 10.1 Å². The number of hydrazone groups is 1. The number of benzene rings is 1. The Kier molecular flexibility index (Phi) is 5.19. The van der Waals surface area contributed by atoms with Crippen LogP contribution in [0.4, 0.5) is 25.5 Å². The van der Waals surface area contributed by atoms with Crippen LogP contribution in [0.1, 0.15) is 0 Å². The number of aliphatic hydroxyl groups is 1. The van der Waals surface area contributed by atoms with Crippen LogP contribution >= 0.6 is 0 Å². The molecular weight excluding hydrogens is 395 g/mol. The Morgan fingerprint density at radius 2 is 2.13 bits per heavy atom. The number of hydrogen-bond donors (Lipinski definition) is 2. The van der Waals surface area contributed by atoms with Crippen LogP contribution in [0, 0.1) is 5.82 Å². The Balaban J connectivity index is 1.50. The molecule has 1 saturated heterocycles. The predicted molar refractivity (Wildman–Crippen MR) is 106 cm³/mol. The van der Waals surface area contributed by atoms with E-state index in [-0.39, 0.29) is 13.2 Å². The largest absolute Gasteiger partial charge is 0.441 e. The highest BCUT2D eigenvalue weighted by molar-refractivity contribution is 5.90. The monoisotopic (exact) mass is 414 g/mol. The molecule has 0 saturated carbocycles. The number of aromatic nitrogens is 1. The minimum Gasteiger partial charge on any atom is -0.441 e. The number of rotatable bonds is 4. The molecule has 2 aliphatic rings. The fourth-order valence-corrected chi connectivity index (χ4v) is 3.21. The molecule has 3 heterocycles. The second-order valence-electron chi connectivity index (χ2n) is 6.75. The maximum absolute atomic E-state index is 14.7. The van der Waals surface area contributed by atoms with E-state index in [1.54, 1.807) is 29.3 Å². The lowest BCUT2D eigenvalue weighted by Gasteiger charge is -2.26. The number of halogens is 1. The Bertz CT molecular complexity index is 999. The van der Waals surface area contributed by atoms with Crippen molar-refractivity contribution in [1.82, 2.24) is 9.88 Å². The first-order valence-electron chi connectivity index (χ1n) is 9.19. The van der Waals surface area contributed by atoms with Crippen molar-refractivity contribution in [2.24, 2.45) is 10.8 Å². The van der Waals surface area contributed by atoms with Crippen LogP contribution in [0.3, 0.4) is 0 Å². The first kappa shape index (κ1) is 19.6. The molecule has 3 amide bonds. The number of amides is 3. The topological polar surface area (TPSA) is 125 Å². The Morgan fingerprint density at radius 3 is 2.70 bits per heavy atom. The van der Waals surface area contributed by atoms with Crippen molar-refractivity contribution < 1.29 is 23.8 Å². The van der Waals surface area contributed by atoms with E-state index in [1.807, 2.05) is 0 Å². The lowest BCUT2D eigenvalue weighted by molar-refractivity contribution is 0.0963. The first-order valence-corrected chi connectivity index (χ1v) is 9.19. The van der Waals surface area contributed by atoms with Crippen LogP contribution in [0.15, 0.2) is 41.6 Å². The van der Waals surface area contributed by atoms with Crippen molar-refractivity contribution in [2.75, 3.05) is 36.1 Å². The average Bonchev–Trinajstić information content (AvgIpc) is 3.15. The zero-order chi connectivity index (χ0) is 21.3. The van der Waals surface area contributed by atoms with Crippen LogP contribution in [0.5, 0.6) is 0 Å². The van der Waals surface area contributed by atoms with E-state index >= 15 is 0 Å². The van der Waals surface area contributed by atoms with Crippen molar-refractivity contribution >= 4 is 30.0 Å². The summed E-state index contributed by atoms with van der Waals surface area (Å²) in [6, 6.07) is 7.25. The highest BCUT2D eigenvalue weighted by atomic mass is 19.1. The number of carbonyl (C=O) groups is 2. The van der Waals surface area contributed by atoms with Crippen molar-refractivity contribution in [1.29, 1.82) is 0 Å². The molecule has 0 bridgehead atoms. The minimum atomic E-state index is -0.621. The third-order valence-electron chi connectivity index (χ3n) is 4.83. The standard InChI is InChI=1S/C19H19FN6O4/c20-16-7-13(25-9-14(10-27)30-19(25)29)2-3-15(16)12-1-4-17(22-8-12)26-6-5-24(11-23-26)18(21)28/h1-4,7-8,11,14,27H,5-6,9-10H2,(H2,21,28)/t14-/m1/s1. The van der Waals surface area contributed by atoms with E-state index in [0.717, 1.165) is 0 Å². The lowest BCUT2D eigenvalue weighted by Crippen LogP contribution is -2.43. The second-order valence-corrected chi connectivity index (χ2v) is 6.75. The zero-order valence-corrected chi connectivity index (χ0v) is 15.8.